The molecule has 8 atom stereocenters. The van der Waals surface area contributed by atoms with Crippen LogP contribution in [-0.2, 0) is 4.79 Å². The normalized spacial score (nSPS) is 46.8. The van der Waals surface area contributed by atoms with Crippen LogP contribution in [0.15, 0.2) is 11.6 Å². The summed E-state index contributed by atoms with van der Waals surface area (Å²) in [6.45, 7) is 11.6. The van der Waals surface area contributed by atoms with Crippen LogP contribution in [0.3, 0.4) is 0 Å². The van der Waals surface area contributed by atoms with Crippen LogP contribution >= 0.6 is 0 Å². The molecule has 0 spiro atoms. The molecule has 0 amide bonds. The molecule has 2 N–H and O–H groups in total. The van der Waals surface area contributed by atoms with Gasteiger partial charge in [-0.15, -0.1) is 0 Å². The van der Waals surface area contributed by atoms with Crippen molar-refractivity contribution in [2.45, 2.75) is 111 Å². The molecule has 0 saturated heterocycles. The van der Waals surface area contributed by atoms with E-state index < -0.39 is 5.60 Å². The maximum atomic E-state index is 13.2. The van der Waals surface area contributed by atoms with Crippen molar-refractivity contribution in [3.63, 3.8) is 0 Å². The number of carbonyl (C=O) groups excluding carboxylic acids is 1. The Labute approximate surface area is 183 Å². The van der Waals surface area contributed by atoms with Crippen LogP contribution < -0.4 is 0 Å². The topological polar surface area (TPSA) is 57.5 Å². The molecule has 30 heavy (non-hydrogen) atoms. The first kappa shape index (κ1) is 22.5. The number of hydrogen-bond donors (Lipinski definition) is 2. The van der Waals surface area contributed by atoms with E-state index in [0.717, 1.165) is 50.0 Å². The minimum Gasteiger partial charge on any atom is -0.393 e. The van der Waals surface area contributed by atoms with Crippen LogP contribution in [0.2, 0.25) is 0 Å². The van der Waals surface area contributed by atoms with Crippen LogP contribution in [0.5, 0.6) is 0 Å². The molecule has 4 aliphatic carbocycles. The van der Waals surface area contributed by atoms with Gasteiger partial charge in [0, 0.05) is 11.3 Å². The van der Waals surface area contributed by atoms with E-state index in [1.54, 1.807) is 0 Å². The van der Waals surface area contributed by atoms with E-state index in [1.807, 2.05) is 6.08 Å². The predicted molar refractivity (Wildman–Crippen MR) is 121 cm³/mol. The fourth-order valence-electron chi connectivity index (χ4n) is 8.32. The van der Waals surface area contributed by atoms with Gasteiger partial charge in [-0.05, 0) is 85.7 Å². The molecule has 3 nitrogen and oxygen atoms in total. The Morgan fingerprint density at radius 2 is 1.77 bits per heavy atom. The van der Waals surface area contributed by atoms with E-state index in [-0.39, 0.29) is 28.6 Å². The highest BCUT2D eigenvalue weighted by Crippen LogP contribution is 2.68. The summed E-state index contributed by atoms with van der Waals surface area (Å²) in [5.41, 5.74) is 0.0168. The summed E-state index contributed by atoms with van der Waals surface area (Å²) in [5, 5.41) is 22.4. The maximum Gasteiger partial charge on any atom is 0.159 e. The second-order valence-corrected chi connectivity index (χ2v) is 12.3. The van der Waals surface area contributed by atoms with E-state index >= 15 is 0 Å². The number of hydrogen-bond acceptors (Lipinski definition) is 3. The monoisotopic (exact) mass is 416 g/mol. The number of fused-ring (bicyclic) bond motifs is 5. The van der Waals surface area contributed by atoms with Crippen molar-refractivity contribution in [3.05, 3.63) is 11.6 Å². The largest absolute Gasteiger partial charge is 0.393 e. The van der Waals surface area contributed by atoms with E-state index in [1.165, 1.54) is 19.3 Å². The fraction of sp³-hybridized carbons (Fsp3) is 0.889. The average molecular weight is 417 g/mol. The Morgan fingerprint density at radius 1 is 1.03 bits per heavy atom. The molecule has 0 bridgehead atoms. The van der Waals surface area contributed by atoms with Gasteiger partial charge in [0.15, 0.2) is 5.78 Å². The molecule has 0 aliphatic heterocycles. The van der Waals surface area contributed by atoms with E-state index in [0.29, 0.717) is 24.2 Å². The zero-order valence-corrected chi connectivity index (χ0v) is 19.9. The number of allylic oxidation sites excluding steroid dienone is 1. The van der Waals surface area contributed by atoms with Gasteiger partial charge in [-0.2, -0.15) is 0 Å². The van der Waals surface area contributed by atoms with E-state index in [9.17, 15) is 15.0 Å². The minimum atomic E-state index is -0.827. The molecule has 3 saturated carbocycles. The molecule has 3 fully saturated rings. The Balaban J connectivity index is 1.61. The first-order chi connectivity index (χ1) is 14.0. The summed E-state index contributed by atoms with van der Waals surface area (Å²) in [4.78, 5) is 13.2. The van der Waals surface area contributed by atoms with E-state index in [2.05, 4.69) is 34.6 Å². The second-order valence-electron chi connectivity index (χ2n) is 12.3. The third-order valence-corrected chi connectivity index (χ3v) is 10.3. The first-order valence-corrected chi connectivity index (χ1v) is 12.7. The summed E-state index contributed by atoms with van der Waals surface area (Å²) < 4.78 is 0. The van der Waals surface area contributed by atoms with Crippen molar-refractivity contribution >= 4 is 5.78 Å². The zero-order chi connectivity index (χ0) is 21.9. The van der Waals surface area contributed by atoms with Crippen LogP contribution in [0.25, 0.3) is 0 Å². The highest BCUT2D eigenvalue weighted by molar-refractivity contribution is 5.95. The molecule has 0 heterocycles. The molecule has 0 radical (unpaired) electrons. The molecule has 1 unspecified atom stereocenters. The highest BCUT2D eigenvalue weighted by Gasteiger charge is 2.66. The standard InChI is InChI=1S/C27H44O3/c1-17(2)7-6-8-18(3)20-11-14-27(30)22-16-24(29)23-15-19(28)9-12-25(23,4)21(22)10-13-26(20,27)5/h16-21,23,28,30H,6-15H2,1-5H3/t18?,19-,20+,21-,23-,25+,26+,27+/m0/s1. The van der Waals surface area contributed by atoms with Crippen molar-refractivity contribution in [1.82, 2.24) is 0 Å². The summed E-state index contributed by atoms with van der Waals surface area (Å²) in [7, 11) is 0. The maximum absolute atomic E-state index is 13.2. The van der Waals surface area contributed by atoms with Gasteiger partial charge in [-0.3, -0.25) is 4.79 Å². The van der Waals surface area contributed by atoms with Gasteiger partial charge >= 0.3 is 0 Å². The molecule has 3 heteroatoms. The Kier molecular flexibility index (Phi) is 5.80. The number of rotatable bonds is 5. The van der Waals surface area contributed by atoms with Gasteiger partial charge < -0.3 is 10.2 Å². The molecule has 0 aromatic carbocycles. The Hall–Kier alpha value is -0.670. The number of carbonyl (C=O) groups is 1. The van der Waals surface area contributed by atoms with Crippen LogP contribution in [-0.4, -0.2) is 27.7 Å². The number of aliphatic hydroxyl groups excluding tert-OH is 1. The van der Waals surface area contributed by atoms with Crippen LogP contribution in [0, 0.1) is 40.4 Å². The summed E-state index contributed by atoms with van der Waals surface area (Å²) in [6.07, 6.45) is 11.6. The summed E-state index contributed by atoms with van der Waals surface area (Å²) in [5.74, 6) is 2.28. The van der Waals surface area contributed by atoms with Crippen molar-refractivity contribution < 1.29 is 15.0 Å². The fourth-order valence-corrected chi connectivity index (χ4v) is 8.32. The summed E-state index contributed by atoms with van der Waals surface area (Å²) >= 11 is 0. The molecule has 170 valence electrons. The Morgan fingerprint density at radius 3 is 2.47 bits per heavy atom. The Bertz CT molecular complexity index is 711. The highest BCUT2D eigenvalue weighted by atomic mass is 16.3. The van der Waals surface area contributed by atoms with Crippen molar-refractivity contribution in [2.75, 3.05) is 0 Å². The van der Waals surface area contributed by atoms with Gasteiger partial charge in [-0.25, -0.2) is 0 Å². The van der Waals surface area contributed by atoms with Gasteiger partial charge in [0.25, 0.3) is 0 Å². The van der Waals surface area contributed by atoms with Gasteiger partial charge in [0.05, 0.1) is 11.7 Å². The van der Waals surface area contributed by atoms with E-state index in [4.69, 9.17) is 0 Å². The lowest BCUT2D eigenvalue weighted by Gasteiger charge is -2.59. The number of ketones is 1. The van der Waals surface area contributed by atoms with Gasteiger partial charge in [0.1, 0.15) is 0 Å². The summed E-state index contributed by atoms with van der Waals surface area (Å²) in [6, 6.07) is 0. The van der Waals surface area contributed by atoms with Gasteiger partial charge in [0.2, 0.25) is 0 Å². The SMILES string of the molecule is CC(C)CCCC(C)[C@H]1CC[C@@]2(O)C3=CC(=O)[C@@H]4C[C@@H](O)CC[C@]4(C)[C@H]3CC[C@]12C. The third-order valence-electron chi connectivity index (χ3n) is 10.3. The van der Waals surface area contributed by atoms with Crippen molar-refractivity contribution in [2.24, 2.45) is 40.4 Å². The molecular formula is C27H44O3. The third kappa shape index (κ3) is 3.25. The van der Waals surface area contributed by atoms with Crippen molar-refractivity contribution in [1.29, 1.82) is 0 Å². The van der Waals surface area contributed by atoms with Crippen LogP contribution in [0.1, 0.15) is 98.8 Å². The predicted octanol–water partition coefficient (Wildman–Crippen LogP) is 5.68. The second kappa shape index (κ2) is 7.73. The quantitative estimate of drug-likeness (QED) is 0.606. The average Bonchev–Trinajstić information content (AvgIpc) is 2.95. The molecule has 0 aromatic heterocycles. The van der Waals surface area contributed by atoms with Crippen molar-refractivity contribution in [3.8, 4) is 0 Å². The zero-order valence-electron chi connectivity index (χ0n) is 19.9. The van der Waals surface area contributed by atoms with Gasteiger partial charge in [-0.1, -0.05) is 53.9 Å². The lowest BCUT2D eigenvalue weighted by Crippen LogP contribution is -2.59. The lowest BCUT2D eigenvalue weighted by atomic mass is 9.46. The molecular weight excluding hydrogens is 372 g/mol. The van der Waals surface area contributed by atoms with Crippen LogP contribution in [0.4, 0.5) is 0 Å². The molecule has 4 aliphatic rings. The molecule has 0 aromatic rings. The smallest absolute Gasteiger partial charge is 0.159 e. The number of aliphatic hydroxyl groups is 2. The lowest BCUT2D eigenvalue weighted by molar-refractivity contribution is -0.141. The minimum absolute atomic E-state index is 0.0740. The molecule has 4 rings (SSSR count). The first-order valence-electron chi connectivity index (χ1n) is 12.7.